The molecule has 0 aliphatic heterocycles. The summed E-state index contributed by atoms with van der Waals surface area (Å²) in [4.78, 5) is 16.3. The normalized spacial score (nSPS) is 10.8. The highest BCUT2D eigenvalue weighted by Crippen LogP contribution is 2.22. The molecule has 0 radical (unpaired) electrons. The maximum absolute atomic E-state index is 11.8. The molecule has 102 valence electrons. The van der Waals surface area contributed by atoms with Gasteiger partial charge in [0.1, 0.15) is 6.26 Å². The number of thioether (sulfide) groups is 1. The summed E-state index contributed by atoms with van der Waals surface area (Å²) in [5.41, 5.74) is 1.97. The highest BCUT2D eigenvalue weighted by molar-refractivity contribution is 7.99. The van der Waals surface area contributed by atoms with Gasteiger partial charge in [-0.15, -0.1) is 0 Å². The Bertz CT molecular complexity index is 736. The minimum Gasteiger partial charge on any atom is -0.363 e. The summed E-state index contributed by atoms with van der Waals surface area (Å²) in [6.45, 7) is 0. The topological polar surface area (TPSA) is 73.0 Å². The fourth-order valence-electron chi connectivity index (χ4n) is 1.84. The van der Waals surface area contributed by atoms with Gasteiger partial charge in [0.15, 0.2) is 11.0 Å². The summed E-state index contributed by atoms with van der Waals surface area (Å²) >= 11 is 1.38. The van der Waals surface area contributed by atoms with E-state index in [-0.39, 0.29) is 11.7 Å². The number of aryl methyl sites for hydroxylation is 1. The molecule has 0 aliphatic rings. The van der Waals surface area contributed by atoms with Crippen molar-refractivity contribution < 1.29 is 9.32 Å². The van der Waals surface area contributed by atoms with Gasteiger partial charge in [0, 0.05) is 13.1 Å². The molecule has 1 amide bonds. The van der Waals surface area contributed by atoms with Crippen LogP contribution in [0.5, 0.6) is 0 Å². The molecule has 0 aliphatic carbocycles. The largest absolute Gasteiger partial charge is 0.363 e. The number of aromatic nitrogens is 3. The van der Waals surface area contributed by atoms with Gasteiger partial charge >= 0.3 is 0 Å². The Labute approximate surface area is 119 Å². The van der Waals surface area contributed by atoms with Crippen molar-refractivity contribution in [2.24, 2.45) is 7.05 Å². The maximum atomic E-state index is 11.8. The zero-order chi connectivity index (χ0) is 13.9. The highest BCUT2D eigenvalue weighted by Gasteiger charge is 2.11. The van der Waals surface area contributed by atoms with Crippen molar-refractivity contribution in [3.63, 3.8) is 0 Å². The van der Waals surface area contributed by atoms with Crippen LogP contribution in [0.2, 0.25) is 0 Å². The molecule has 2 heterocycles. The Kier molecular flexibility index (Phi) is 3.42. The van der Waals surface area contributed by atoms with Crippen LogP contribution in [0.3, 0.4) is 0 Å². The number of hydrogen-bond acceptors (Lipinski definition) is 5. The maximum Gasteiger partial charge on any atom is 0.236 e. The molecule has 0 unspecified atom stereocenters. The van der Waals surface area contributed by atoms with Gasteiger partial charge in [0.25, 0.3) is 0 Å². The number of para-hydroxylation sites is 2. The number of hydrogen-bond donors (Lipinski definition) is 1. The Morgan fingerprint density at radius 2 is 2.25 bits per heavy atom. The van der Waals surface area contributed by atoms with Gasteiger partial charge in [-0.2, -0.15) is 0 Å². The van der Waals surface area contributed by atoms with E-state index in [4.69, 9.17) is 0 Å². The van der Waals surface area contributed by atoms with Crippen molar-refractivity contribution >= 4 is 34.5 Å². The second-order valence-corrected chi connectivity index (χ2v) is 5.11. The van der Waals surface area contributed by atoms with Crippen LogP contribution in [0, 0.1) is 0 Å². The van der Waals surface area contributed by atoms with Gasteiger partial charge in [0.2, 0.25) is 5.91 Å². The lowest BCUT2D eigenvalue weighted by Gasteiger charge is -2.02. The molecule has 1 N–H and O–H groups in total. The number of carbonyl (C=O) groups excluding carboxylic acids is 1. The van der Waals surface area contributed by atoms with E-state index in [2.05, 4.69) is 20.0 Å². The summed E-state index contributed by atoms with van der Waals surface area (Å²) in [6.07, 6.45) is 1.41. The predicted octanol–water partition coefficient (Wildman–Crippen LogP) is 2.29. The Morgan fingerprint density at radius 1 is 1.40 bits per heavy atom. The summed E-state index contributed by atoms with van der Waals surface area (Å²) in [5, 5.41) is 7.08. The molecule has 3 rings (SSSR count). The third kappa shape index (κ3) is 2.53. The molecule has 1 aromatic carbocycles. The first-order chi connectivity index (χ1) is 9.74. The van der Waals surface area contributed by atoms with Crippen LogP contribution in [-0.4, -0.2) is 26.4 Å². The van der Waals surface area contributed by atoms with E-state index in [1.165, 1.54) is 18.0 Å². The lowest BCUT2D eigenvalue weighted by molar-refractivity contribution is -0.113. The van der Waals surface area contributed by atoms with Crippen LogP contribution < -0.4 is 5.32 Å². The SMILES string of the molecule is Cn1c(SCC(=O)Nc2ccon2)nc2ccccc21. The summed E-state index contributed by atoms with van der Waals surface area (Å²) in [5.74, 6) is 0.542. The molecule has 0 fully saturated rings. The third-order valence-corrected chi connectivity index (χ3v) is 3.81. The van der Waals surface area contributed by atoms with Crippen LogP contribution in [0.4, 0.5) is 5.82 Å². The average molecular weight is 288 g/mol. The molecule has 7 heteroatoms. The zero-order valence-corrected chi connectivity index (χ0v) is 11.6. The van der Waals surface area contributed by atoms with Crippen molar-refractivity contribution in [2.45, 2.75) is 5.16 Å². The number of imidazole rings is 1. The Balaban J connectivity index is 1.68. The van der Waals surface area contributed by atoms with Gasteiger partial charge in [-0.3, -0.25) is 4.79 Å². The summed E-state index contributed by atoms with van der Waals surface area (Å²) in [7, 11) is 1.94. The van der Waals surface area contributed by atoms with Crippen LogP contribution in [0.15, 0.2) is 46.3 Å². The van der Waals surface area contributed by atoms with Crippen molar-refractivity contribution in [2.75, 3.05) is 11.1 Å². The van der Waals surface area contributed by atoms with Crippen LogP contribution in [-0.2, 0) is 11.8 Å². The van der Waals surface area contributed by atoms with Gasteiger partial charge in [-0.05, 0) is 12.1 Å². The molecule has 6 nitrogen and oxygen atoms in total. The van der Waals surface area contributed by atoms with Gasteiger partial charge in [-0.1, -0.05) is 29.1 Å². The Morgan fingerprint density at radius 3 is 3.00 bits per heavy atom. The molecule has 0 bridgehead atoms. The number of amides is 1. The first-order valence-corrected chi connectivity index (χ1v) is 6.97. The molecule has 0 atom stereocenters. The lowest BCUT2D eigenvalue weighted by atomic mass is 10.3. The average Bonchev–Trinajstić information content (AvgIpc) is 3.06. The standard InChI is InChI=1S/C13H12N4O2S/c1-17-10-5-3-2-4-9(10)14-13(17)20-8-12(18)15-11-6-7-19-16-11/h2-7H,8H2,1H3,(H,15,16,18). The van der Waals surface area contributed by atoms with Gasteiger partial charge in [-0.25, -0.2) is 4.98 Å². The molecule has 0 saturated heterocycles. The van der Waals surface area contributed by atoms with Crippen molar-refractivity contribution in [3.05, 3.63) is 36.6 Å². The van der Waals surface area contributed by atoms with E-state index in [1.54, 1.807) is 6.07 Å². The fourth-order valence-corrected chi connectivity index (χ4v) is 2.63. The van der Waals surface area contributed by atoms with Crippen molar-refractivity contribution in [1.29, 1.82) is 0 Å². The number of nitrogens with one attached hydrogen (secondary N) is 1. The van der Waals surface area contributed by atoms with Crippen LogP contribution in [0.1, 0.15) is 0 Å². The smallest absolute Gasteiger partial charge is 0.236 e. The van der Waals surface area contributed by atoms with E-state index >= 15 is 0 Å². The molecule has 3 aromatic rings. The molecule has 0 saturated carbocycles. The van der Waals surface area contributed by atoms with E-state index in [0.29, 0.717) is 5.82 Å². The van der Waals surface area contributed by atoms with Crippen LogP contribution in [0.25, 0.3) is 11.0 Å². The third-order valence-electron chi connectivity index (χ3n) is 2.78. The minimum absolute atomic E-state index is 0.143. The zero-order valence-electron chi connectivity index (χ0n) is 10.7. The molecule has 20 heavy (non-hydrogen) atoms. The first-order valence-electron chi connectivity index (χ1n) is 5.98. The minimum atomic E-state index is -0.143. The van der Waals surface area contributed by atoms with E-state index < -0.39 is 0 Å². The van der Waals surface area contributed by atoms with Gasteiger partial charge < -0.3 is 14.4 Å². The van der Waals surface area contributed by atoms with Crippen molar-refractivity contribution in [3.8, 4) is 0 Å². The van der Waals surface area contributed by atoms with Gasteiger partial charge in [0.05, 0.1) is 16.8 Å². The molecule has 2 aromatic heterocycles. The van der Waals surface area contributed by atoms with E-state index in [1.807, 2.05) is 35.9 Å². The fraction of sp³-hybridized carbons (Fsp3) is 0.154. The van der Waals surface area contributed by atoms with Crippen molar-refractivity contribution in [1.82, 2.24) is 14.7 Å². The lowest BCUT2D eigenvalue weighted by Crippen LogP contribution is -2.14. The van der Waals surface area contributed by atoms with E-state index in [9.17, 15) is 4.79 Å². The first kappa shape index (κ1) is 12.7. The molecular weight excluding hydrogens is 276 g/mol. The number of rotatable bonds is 4. The summed E-state index contributed by atoms with van der Waals surface area (Å²) in [6, 6.07) is 9.46. The monoisotopic (exact) mass is 288 g/mol. The molecular formula is C13H12N4O2S. The number of carbonyl (C=O) groups is 1. The van der Waals surface area contributed by atoms with E-state index in [0.717, 1.165) is 16.2 Å². The number of benzene rings is 1. The quantitative estimate of drug-likeness (QED) is 0.746. The number of fused-ring (bicyclic) bond motifs is 1. The number of anilines is 1. The molecule has 0 spiro atoms. The highest BCUT2D eigenvalue weighted by atomic mass is 32.2. The summed E-state index contributed by atoms with van der Waals surface area (Å²) < 4.78 is 6.62. The number of nitrogens with zero attached hydrogens (tertiary/aromatic N) is 3. The predicted molar refractivity (Wildman–Crippen MR) is 76.6 cm³/mol. The second-order valence-electron chi connectivity index (χ2n) is 4.16. The Hall–Kier alpha value is -2.28. The van der Waals surface area contributed by atoms with Crippen LogP contribution >= 0.6 is 11.8 Å². The second kappa shape index (κ2) is 5.38.